The molecule has 4 nitrogen and oxygen atoms in total. The van der Waals surface area contributed by atoms with Crippen LogP contribution >= 0.6 is 0 Å². The number of carbonyl (C=O) groups is 1. The summed E-state index contributed by atoms with van der Waals surface area (Å²) in [6.07, 6.45) is 6.06. The summed E-state index contributed by atoms with van der Waals surface area (Å²) < 4.78 is 0. The van der Waals surface area contributed by atoms with Gasteiger partial charge in [-0.1, -0.05) is 73.4 Å². The van der Waals surface area contributed by atoms with Crippen molar-refractivity contribution < 1.29 is 4.79 Å². The summed E-state index contributed by atoms with van der Waals surface area (Å²) >= 11 is 0. The van der Waals surface area contributed by atoms with Gasteiger partial charge < -0.3 is 10.2 Å². The Morgan fingerprint density at radius 2 is 1.57 bits per heavy atom. The van der Waals surface area contributed by atoms with Gasteiger partial charge >= 0.3 is 6.03 Å². The largest absolute Gasteiger partial charge is 0.335 e. The highest BCUT2D eigenvalue weighted by Gasteiger charge is 2.29. The zero-order chi connectivity index (χ0) is 20.9. The predicted molar refractivity (Wildman–Crippen MR) is 123 cm³/mol. The van der Waals surface area contributed by atoms with Crippen molar-refractivity contribution in [3.8, 4) is 0 Å². The molecule has 4 heteroatoms. The zero-order valence-corrected chi connectivity index (χ0v) is 18.4. The first-order valence-electron chi connectivity index (χ1n) is 11.5. The molecule has 0 radical (unpaired) electrons. The fourth-order valence-electron chi connectivity index (χ4n) is 4.93. The normalized spacial score (nSPS) is 19.5. The van der Waals surface area contributed by atoms with Gasteiger partial charge in [-0.2, -0.15) is 0 Å². The van der Waals surface area contributed by atoms with Crippen LogP contribution in [0.1, 0.15) is 60.4 Å². The molecule has 2 aliphatic rings. The number of urea groups is 1. The number of nitrogens with one attached hydrogen (secondary N) is 1. The molecule has 2 aromatic carbocycles. The van der Waals surface area contributed by atoms with Crippen LogP contribution in [-0.4, -0.2) is 48.1 Å². The summed E-state index contributed by atoms with van der Waals surface area (Å²) in [6, 6.07) is 18.4. The van der Waals surface area contributed by atoms with E-state index in [1.807, 2.05) is 4.90 Å². The van der Waals surface area contributed by atoms with Gasteiger partial charge in [-0.05, 0) is 43.4 Å². The Morgan fingerprint density at radius 1 is 0.900 bits per heavy atom. The fourth-order valence-corrected chi connectivity index (χ4v) is 4.93. The number of carbonyl (C=O) groups excluding carboxylic acids is 1. The average molecular weight is 406 g/mol. The standard InChI is InChI=1S/C26H35N3O/c1-20-12-14-22(15-13-20)25(24-11-7-6-8-21(24)2)28-16-18-29(19-17-28)26(30)27-23-9-4-3-5-10-23/h6-8,11-15,23,25H,3-5,9-10,16-19H2,1-2H3,(H,27,30)/t25-/m0/s1. The quantitative estimate of drug-likeness (QED) is 0.772. The second-order valence-corrected chi connectivity index (χ2v) is 8.98. The summed E-state index contributed by atoms with van der Waals surface area (Å²) in [5, 5.41) is 3.28. The first-order chi connectivity index (χ1) is 14.6. The maximum atomic E-state index is 12.8. The van der Waals surface area contributed by atoms with E-state index in [-0.39, 0.29) is 12.1 Å². The van der Waals surface area contributed by atoms with Gasteiger partial charge in [-0.15, -0.1) is 0 Å². The third kappa shape index (κ3) is 4.86. The molecule has 1 aliphatic heterocycles. The summed E-state index contributed by atoms with van der Waals surface area (Å²) in [7, 11) is 0. The van der Waals surface area contributed by atoms with Crippen LogP contribution in [0.25, 0.3) is 0 Å². The second kappa shape index (κ2) is 9.65. The van der Waals surface area contributed by atoms with E-state index < -0.39 is 0 Å². The summed E-state index contributed by atoms with van der Waals surface area (Å²) in [4.78, 5) is 17.3. The van der Waals surface area contributed by atoms with Gasteiger partial charge in [0.05, 0.1) is 6.04 Å². The topological polar surface area (TPSA) is 35.6 Å². The molecule has 0 spiro atoms. The smallest absolute Gasteiger partial charge is 0.317 e. The molecule has 0 unspecified atom stereocenters. The number of piperazine rings is 1. The highest BCUT2D eigenvalue weighted by molar-refractivity contribution is 5.74. The van der Waals surface area contributed by atoms with Gasteiger partial charge in [0.2, 0.25) is 0 Å². The van der Waals surface area contributed by atoms with Crippen LogP contribution in [0.5, 0.6) is 0 Å². The van der Waals surface area contributed by atoms with E-state index in [1.54, 1.807) is 0 Å². The van der Waals surface area contributed by atoms with Crippen molar-refractivity contribution in [2.24, 2.45) is 0 Å². The number of hydrogen-bond donors (Lipinski definition) is 1. The highest BCUT2D eigenvalue weighted by atomic mass is 16.2. The van der Waals surface area contributed by atoms with Crippen LogP contribution in [-0.2, 0) is 0 Å². The van der Waals surface area contributed by atoms with E-state index in [0.717, 1.165) is 39.0 Å². The number of amides is 2. The van der Waals surface area contributed by atoms with Gasteiger partial charge in [-0.25, -0.2) is 4.79 Å². The summed E-state index contributed by atoms with van der Waals surface area (Å²) in [5.74, 6) is 0. The summed E-state index contributed by atoms with van der Waals surface area (Å²) in [6.45, 7) is 7.69. The molecule has 4 rings (SSSR count). The highest BCUT2D eigenvalue weighted by Crippen LogP contribution is 2.32. The zero-order valence-electron chi connectivity index (χ0n) is 18.4. The molecule has 1 N–H and O–H groups in total. The number of nitrogens with zero attached hydrogens (tertiary/aromatic N) is 2. The van der Waals surface area contributed by atoms with Crippen molar-refractivity contribution in [2.75, 3.05) is 26.2 Å². The second-order valence-electron chi connectivity index (χ2n) is 8.98. The van der Waals surface area contributed by atoms with Gasteiger partial charge in [0.15, 0.2) is 0 Å². The van der Waals surface area contributed by atoms with E-state index in [0.29, 0.717) is 6.04 Å². The van der Waals surface area contributed by atoms with Gasteiger partial charge in [0, 0.05) is 32.2 Å². The first-order valence-corrected chi connectivity index (χ1v) is 11.5. The van der Waals surface area contributed by atoms with Crippen molar-refractivity contribution in [3.63, 3.8) is 0 Å². The molecule has 1 heterocycles. The lowest BCUT2D eigenvalue weighted by Crippen LogP contribution is -2.54. The molecule has 30 heavy (non-hydrogen) atoms. The molecule has 2 amide bonds. The fraction of sp³-hybridized carbons (Fsp3) is 0.500. The van der Waals surface area contributed by atoms with Crippen LogP contribution in [0.4, 0.5) is 4.79 Å². The minimum Gasteiger partial charge on any atom is -0.335 e. The van der Waals surface area contributed by atoms with Crippen LogP contribution in [0.3, 0.4) is 0 Å². The van der Waals surface area contributed by atoms with E-state index >= 15 is 0 Å². The van der Waals surface area contributed by atoms with E-state index in [2.05, 4.69) is 72.6 Å². The maximum Gasteiger partial charge on any atom is 0.317 e. The number of hydrogen-bond acceptors (Lipinski definition) is 2. The molecular formula is C26H35N3O. The Balaban J connectivity index is 1.46. The van der Waals surface area contributed by atoms with Gasteiger partial charge in [0.1, 0.15) is 0 Å². The van der Waals surface area contributed by atoms with Gasteiger partial charge in [-0.3, -0.25) is 4.90 Å². The number of aryl methyl sites for hydroxylation is 2. The Morgan fingerprint density at radius 3 is 2.23 bits per heavy atom. The van der Waals surface area contributed by atoms with Crippen LogP contribution in [0, 0.1) is 13.8 Å². The molecule has 2 aromatic rings. The van der Waals surface area contributed by atoms with Crippen LogP contribution < -0.4 is 5.32 Å². The average Bonchev–Trinajstić information content (AvgIpc) is 2.78. The van der Waals surface area contributed by atoms with Crippen molar-refractivity contribution >= 4 is 6.03 Å². The Kier molecular flexibility index (Phi) is 6.73. The predicted octanol–water partition coefficient (Wildman–Crippen LogP) is 5.05. The van der Waals surface area contributed by atoms with Crippen molar-refractivity contribution in [1.82, 2.24) is 15.1 Å². The van der Waals surface area contributed by atoms with Gasteiger partial charge in [0.25, 0.3) is 0 Å². The molecular weight excluding hydrogens is 370 g/mol. The molecule has 1 saturated heterocycles. The summed E-state index contributed by atoms with van der Waals surface area (Å²) in [5.41, 5.74) is 5.29. The lowest BCUT2D eigenvalue weighted by Gasteiger charge is -2.40. The molecule has 1 aliphatic carbocycles. The van der Waals surface area contributed by atoms with Crippen molar-refractivity contribution in [2.45, 2.75) is 58.0 Å². The molecule has 1 atom stereocenters. The Bertz CT molecular complexity index is 834. The number of benzene rings is 2. The molecule has 2 fully saturated rings. The maximum absolute atomic E-state index is 12.8. The SMILES string of the molecule is Cc1ccc([C@@H](c2ccccc2C)N2CCN(C(=O)NC3CCCCC3)CC2)cc1. The Hall–Kier alpha value is -2.33. The van der Waals surface area contributed by atoms with E-state index in [9.17, 15) is 4.79 Å². The third-order valence-electron chi connectivity index (χ3n) is 6.78. The lowest BCUT2D eigenvalue weighted by molar-refractivity contribution is 0.117. The van der Waals surface area contributed by atoms with Crippen molar-refractivity contribution in [3.05, 3.63) is 70.8 Å². The Labute approximate surface area is 181 Å². The lowest BCUT2D eigenvalue weighted by atomic mass is 9.92. The molecule has 0 aromatic heterocycles. The molecule has 0 bridgehead atoms. The van der Waals surface area contributed by atoms with E-state index in [4.69, 9.17) is 0 Å². The van der Waals surface area contributed by atoms with Crippen LogP contribution in [0.2, 0.25) is 0 Å². The first kappa shape index (κ1) is 20.9. The number of rotatable bonds is 4. The minimum atomic E-state index is 0.129. The van der Waals surface area contributed by atoms with Crippen molar-refractivity contribution in [1.29, 1.82) is 0 Å². The monoisotopic (exact) mass is 405 g/mol. The molecule has 1 saturated carbocycles. The van der Waals surface area contributed by atoms with E-state index in [1.165, 1.54) is 41.5 Å². The third-order valence-corrected chi connectivity index (χ3v) is 6.78. The molecule has 160 valence electrons. The minimum absolute atomic E-state index is 0.129. The van der Waals surface area contributed by atoms with Crippen LogP contribution in [0.15, 0.2) is 48.5 Å².